The van der Waals surface area contributed by atoms with Gasteiger partial charge in [-0.05, 0) is 0 Å². The molecule has 26 heavy (non-hydrogen) atoms. The zero-order chi connectivity index (χ0) is 18.7. The first-order chi connectivity index (χ1) is 12.5. The highest BCUT2D eigenvalue weighted by molar-refractivity contribution is 6.00. The lowest BCUT2D eigenvalue weighted by molar-refractivity contribution is 0.0908. The first-order valence-electron chi connectivity index (χ1n) is 7.76. The van der Waals surface area contributed by atoms with Gasteiger partial charge >= 0.3 is 0 Å². The zero-order valence-corrected chi connectivity index (χ0v) is 13.8. The minimum atomic E-state index is -3.00. The molecule has 3 heterocycles. The van der Waals surface area contributed by atoms with Crippen LogP contribution in [0.2, 0.25) is 0 Å². The summed E-state index contributed by atoms with van der Waals surface area (Å²) in [6, 6.07) is 0. The molecule has 0 bridgehead atoms. The van der Waals surface area contributed by atoms with E-state index >= 15 is 0 Å². The molecule has 1 aliphatic heterocycles. The van der Waals surface area contributed by atoms with Crippen molar-refractivity contribution in [3.8, 4) is 23.7 Å². The van der Waals surface area contributed by atoms with Crippen LogP contribution in [0.4, 0.5) is 8.78 Å². The maximum atomic E-state index is 13.2. The molecule has 0 atom stereocenters. The first-order valence-corrected chi connectivity index (χ1v) is 7.76. The predicted octanol–water partition coefficient (Wildman–Crippen LogP) is 2.10. The Balaban J connectivity index is 1.72. The summed E-state index contributed by atoms with van der Waals surface area (Å²) in [5, 5.41) is 21.5. The van der Waals surface area contributed by atoms with E-state index in [1.165, 1.54) is 10.9 Å². The van der Waals surface area contributed by atoms with Gasteiger partial charge in [-0.15, -0.1) is 17.4 Å². The van der Waals surface area contributed by atoms with Crippen LogP contribution >= 0.6 is 0 Å². The van der Waals surface area contributed by atoms with Gasteiger partial charge in [0.2, 0.25) is 5.76 Å². The summed E-state index contributed by atoms with van der Waals surface area (Å²) in [5.74, 6) is 0.952. The van der Waals surface area contributed by atoms with Crippen LogP contribution in [0, 0.1) is 12.3 Å². The van der Waals surface area contributed by atoms with Crippen molar-refractivity contribution >= 4 is 5.91 Å². The molecule has 0 saturated heterocycles. The number of rotatable bonds is 8. The standard InChI is InChI=1S/C15H15F2N7O2/c1-3-4-5-15(21-22-15)6-7-18-14(25)10-11(9-8-24(2)23-19-9)20-26-12(10)13(16)17/h1,8,13H,4-7H2,2H3,(H,18,25). The lowest BCUT2D eigenvalue weighted by atomic mass is 10.0. The summed E-state index contributed by atoms with van der Waals surface area (Å²) in [5.41, 5.74) is -0.865. The Kier molecular flexibility index (Phi) is 4.75. The molecule has 11 heteroatoms. The number of aromatic nitrogens is 4. The lowest BCUT2D eigenvalue weighted by Gasteiger charge is -2.10. The second-order valence-corrected chi connectivity index (χ2v) is 5.74. The normalized spacial score (nSPS) is 14.4. The van der Waals surface area contributed by atoms with E-state index < -0.39 is 23.8 Å². The van der Waals surface area contributed by atoms with Crippen LogP contribution in [0.15, 0.2) is 20.9 Å². The average molecular weight is 363 g/mol. The highest BCUT2D eigenvalue weighted by Crippen LogP contribution is 2.36. The van der Waals surface area contributed by atoms with E-state index in [0.29, 0.717) is 19.3 Å². The molecular formula is C15H15F2N7O2. The largest absolute Gasteiger partial charge is 0.354 e. The fourth-order valence-electron chi connectivity index (χ4n) is 2.43. The number of aryl methyl sites for hydroxylation is 1. The Bertz CT molecular complexity index is 875. The van der Waals surface area contributed by atoms with E-state index in [9.17, 15) is 13.6 Å². The van der Waals surface area contributed by atoms with Crippen molar-refractivity contribution < 1.29 is 18.1 Å². The summed E-state index contributed by atoms with van der Waals surface area (Å²) >= 11 is 0. The highest BCUT2D eigenvalue weighted by atomic mass is 19.3. The molecule has 0 fully saturated rings. The van der Waals surface area contributed by atoms with Gasteiger partial charge < -0.3 is 9.84 Å². The number of carbonyl (C=O) groups is 1. The van der Waals surface area contributed by atoms with Crippen molar-refractivity contribution in [1.29, 1.82) is 0 Å². The van der Waals surface area contributed by atoms with Crippen LogP contribution in [0.25, 0.3) is 11.4 Å². The summed E-state index contributed by atoms with van der Waals surface area (Å²) in [4.78, 5) is 12.5. The fourth-order valence-corrected chi connectivity index (χ4v) is 2.43. The van der Waals surface area contributed by atoms with Crippen molar-refractivity contribution in [2.45, 2.75) is 31.4 Å². The molecule has 1 aliphatic rings. The molecule has 1 amide bonds. The molecule has 1 N–H and O–H groups in total. The average Bonchev–Trinajstić information content (AvgIpc) is 3.03. The number of halogens is 2. The highest BCUT2D eigenvalue weighted by Gasteiger charge is 2.39. The van der Waals surface area contributed by atoms with Crippen LogP contribution in [-0.2, 0) is 7.05 Å². The van der Waals surface area contributed by atoms with E-state index in [0.717, 1.165) is 0 Å². The smallest absolute Gasteiger partial charge is 0.298 e. The van der Waals surface area contributed by atoms with Gasteiger partial charge in [0.1, 0.15) is 17.0 Å². The van der Waals surface area contributed by atoms with E-state index in [2.05, 4.69) is 41.5 Å². The van der Waals surface area contributed by atoms with Crippen LogP contribution in [0.5, 0.6) is 0 Å². The summed E-state index contributed by atoms with van der Waals surface area (Å²) < 4.78 is 32.4. The SMILES string of the molecule is C#CCCC1(CCNC(=O)c2c(-c3cn(C)nn3)noc2C(F)F)N=N1. The number of hydrogen-bond donors (Lipinski definition) is 1. The van der Waals surface area contributed by atoms with Gasteiger partial charge in [0.25, 0.3) is 12.3 Å². The summed E-state index contributed by atoms with van der Waals surface area (Å²) in [7, 11) is 1.60. The van der Waals surface area contributed by atoms with E-state index in [-0.39, 0.29) is 23.5 Å². The van der Waals surface area contributed by atoms with Crippen molar-refractivity contribution in [3.63, 3.8) is 0 Å². The third-order valence-corrected chi connectivity index (χ3v) is 3.85. The monoisotopic (exact) mass is 363 g/mol. The van der Waals surface area contributed by atoms with Crippen molar-refractivity contribution in [3.05, 3.63) is 17.5 Å². The van der Waals surface area contributed by atoms with Crippen LogP contribution in [0.1, 0.15) is 41.8 Å². The second kappa shape index (κ2) is 6.99. The third kappa shape index (κ3) is 3.58. The number of hydrogen-bond acceptors (Lipinski definition) is 7. The number of nitrogens with one attached hydrogen (secondary N) is 1. The molecule has 2 aromatic rings. The number of carbonyl (C=O) groups excluding carboxylic acids is 1. The van der Waals surface area contributed by atoms with E-state index in [1.54, 1.807) is 7.05 Å². The molecule has 0 aromatic carbocycles. The molecule has 3 rings (SSSR count). The minimum absolute atomic E-state index is 0.0891. The Morgan fingerprint density at radius 3 is 2.81 bits per heavy atom. The first kappa shape index (κ1) is 17.7. The molecule has 136 valence electrons. The number of nitrogens with zero attached hydrogens (tertiary/aromatic N) is 6. The maximum absolute atomic E-state index is 13.2. The van der Waals surface area contributed by atoms with Gasteiger partial charge in [0.05, 0.1) is 6.20 Å². The molecular weight excluding hydrogens is 348 g/mol. The second-order valence-electron chi connectivity index (χ2n) is 5.74. The quantitative estimate of drug-likeness (QED) is 0.722. The lowest BCUT2D eigenvalue weighted by Crippen LogP contribution is -2.29. The van der Waals surface area contributed by atoms with Crippen molar-refractivity contribution in [1.82, 2.24) is 25.5 Å². The Morgan fingerprint density at radius 1 is 1.46 bits per heavy atom. The summed E-state index contributed by atoms with van der Waals surface area (Å²) in [6.07, 6.45) is 5.19. The van der Waals surface area contributed by atoms with Gasteiger partial charge in [0.15, 0.2) is 5.66 Å². The molecule has 0 saturated carbocycles. The van der Waals surface area contributed by atoms with Crippen molar-refractivity contribution in [2.75, 3.05) is 6.54 Å². The fraction of sp³-hybridized carbons (Fsp3) is 0.467. The Morgan fingerprint density at radius 2 is 2.23 bits per heavy atom. The van der Waals surface area contributed by atoms with Crippen LogP contribution in [-0.4, -0.2) is 38.3 Å². The summed E-state index contributed by atoms with van der Waals surface area (Å²) in [6.45, 7) is 0.185. The topological polar surface area (TPSA) is 111 Å². The predicted molar refractivity (Wildman–Crippen MR) is 84.1 cm³/mol. The van der Waals surface area contributed by atoms with E-state index in [1.807, 2.05) is 0 Å². The van der Waals surface area contributed by atoms with Gasteiger partial charge in [-0.1, -0.05) is 10.4 Å². The molecule has 2 aromatic heterocycles. The van der Waals surface area contributed by atoms with Gasteiger partial charge in [-0.3, -0.25) is 9.48 Å². The van der Waals surface area contributed by atoms with Crippen molar-refractivity contribution in [2.24, 2.45) is 17.3 Å². The Hall–Kier alpha value is -3.16. The van der Waals surface area contributed by atoms with Gasteiger partial charge in [0, 0.05) is 32.9 Å². The maximum Gasteiger partial charge on any atom is 0.298 e. The third-order valence-electron chi connectivity index (χ3n) is 3.85. The molecule has 0 aliphatic carbocycles. The molecule has 0 unspecified atom stereocenters. The number of alkyl halides is 2. The Labute approximate surface area is 146 Å². The number of amides is 1. The zero-order valence-electron chi connectivity index (χ0n) is 13.8. The van der Waals surface area contributed by atoms with Gasteiger partial charge in [-0.2, -0.15) is 10.2 Å². The molecule has 0 radical (unpaired) electrons. The molecule has 9 nitrogen and oxygen atoms in total. The van der Waals surface area contributed by atoms with Gasteiger partial charge in [-0.25, -0.2) is 8.78 Å². The van der Waals surface area contributed by atoms with Crippen LogP contribution in [0.3, 0.4) is 0 Å². The number of terminal acetylenes is 1. The van der Waals surface area contributed by atoms with E-state index in [4.69, 9.17) is 6.42 Å². The van der Waals surface area contributed by atoms with Crippen LogP contribution < -0.4 is 5.32 Å². The molecule has 0 spiro atoms. The minimum Gasteiger partial charge on any atom is -0.354 e.